The van der Waals surface area contributed by atoms with E-state index in [4.69, 9.17) is 14.2 Å². The van der Waals surface area contributed by atoms with Crippen LogP contribution in [0, 0.1) is 5.92 Å². The second-order valence-electron chi connectivity index (χ2n) is 9.15. The zero-order valence-electron chi connectivity index (χ0n) is 21.9. The second kappa shape index (κ2) is 13.9. The minimum Gasteiger partial charge on any atom is -0.467 e. The summed E-state index contributed by atoms with van der Waals surface area (Å²) in [6, 6.07) is 8.31. The number of rotatable bonds is 8. The van der Waals surface area contributed by atoms with Crippen molar-refractivity contribution >= 4 is 18.0 Å². The van der Waals surface area contributed by atoms with E-state index in [1.165, 1.54) is 14.2 Å². The standard InChI is InChI=1S/C24H36N2O6.C2H6/c1-16(20(30-5)19-13-10-14-26(19)23(29)32-24(2,3)4)21(27)25-18(22(28)31-6)15-17-11-8-7-9-12-17;1-2/h7-9,11-12,16,18-20H,10,13-15H2,1-6H3,(H,25,27);1-2H3/t16?,18-,19?,20?;/m0./s1. The molecule has 1 N–H and O–H groups in total. The molecule has 3 unspecified atom stereocenters. The maximum atomic E-state index is 13.1. The van der Waals surface area contributed by atoms with Crippen molar-refractivity contribution in [2.75, 3.05) is 20.8 Å². The molecule has 192 valence electrons. The Morgan fingerprint density at radius 3 is 2.26 bits per heavy atom. The summed E-state index contributed by atoms with van der Waals surface area (Å²) in [5, 5.41) is 2.81. The van der Waals surface area contributed by atoms with Crippen LogP contribution >= 0.6 is 0 Å². The monoisotopic (exact) mass is 478 g/mol. The van der Waals surface area contributed by atoms with Crippen LogP contribution in [0.2, 0.25) is 0 Å². The number of hydrogen-bond acceptors (Lipinski definition) is 6. The number of hydrogen-bond donors (Lipinski definition) is 1. The number of ether oxygens (including phenoxy) is 3. The molecule has 0 bridgehead atoms. The first-order valence-electron chi connectivity index (χ1n) is 12.0. The summed E-state index contributed by atoms with van der Waals surface area (Å²) in [4.78, 5) is 39.7. The fourth-order valence-corrected chi connectivity index (χ4v) is 4.01. The number of amides is 2. The lowest BCUT2D eigenvalue weighted by Crippen LogP contribution is -2.53. The molecule has 0 radical (unpaired) electrons. The topological polar surface area (TPSA) is 94.2 Å². The molecule has 8 nitrogen and oxygen atoms in total. The number of benzene rings is 1. The summed E-state index contributed by atoms with van der Waals surface area (Å²) in [5.41, 5.74) is 0.298. The van der Waals surface area contributed by atoms with Crippen LogP contribution in [-0.2, 0) is 30.2 Å². The molecule has 4 atom stereocenters. The third-order valence-electron chi connectivity index (χ3n) is 5.57. The van der Waals surface area contributed by atoms with Gasteiger partial charge in [-0.3, -0.25) is 4.79 Å². The van der Waals surface area contributed by atoms with Gasteiger partial charge >= 0.3 is 12.1 Å². The van der Waals surface area contributed by atoms with E-state index in [1.807, 2.05) is 65.0 Å². The van der Waals surface area contributed by atoms with E-state index in [2.05, 4.69) is 5.32 Å². The lowest BCUT2D eigenvalue weighted by atomic mass is 9.94. The van der Waals surface area contributed by atoms with Gasteiger partial charge in [-0.15, -0.1) is 0 Å². The molecule has 1 aliphatic rings. The summed E-state index contributed by atoms with van der Waals surface area (Å²) in [7, 11) is 2.83. The van der Waals surface area contributed by atoms with Crippen LogP contribution in [0.1, 0.15) is 59.9 Å². The highest BCUT2D eigenvalue weighted by Crippen LogP contribution is 2.28. The summed E-state index contributed by atoms with van der Waals surface area (Å²) in [6.45, 7) is 11.7. The largest absolute Gasteiger partial charge is 0.467 e. The number of carbonyl (C=O) groups excluding carboxylic acids is 3. The molecule has 8 heteroatoms. The molecule has 1 heterocycles. The molecule has 1 fully saturated rings. The van der Waals surface area contributed by atoms with Gasteiger partial charge in [0.25, 0.3) is 0 Å². The summed E-state index contributed by atoms with van der Waals surface area (Å²) >= 11 is 0. The summed E-state index contributed by atoms with van der Waals surface area (Å²) in [6.07, 6.45) is 0.875. The Morgan fingerprint density at radius 2 is 1.74 bits per heavy atom. The van der Waals surface area contributed by atoms with E-state index in [-0.39, 0.29) is 11.9 Å². The van der Waals surface area contributed by atoms with Crippen LogP contribution in [0.4, 0.5) is 4.79 Å². The van der Waals surface area contributed by atoms with Gasteiger partial charge in [0.2, 0.25) is 5.91 Å². The van der Waals surface area contributed by atoms with Gasteiger partial charge in [0, 0.05) is 20.1 Å². The quantitative estimate of drug-likeness (QED) is 0.569. The predicted molar refractivity (Wildman–Crippen MR) is 131 cm³/mol. The second-order valence-corrected chi connectivity index (χ2v) is 9.15. The number of nitrogens with zero attached hydrogens (tertiary/aromatic N) is 1. The number of likely N-dealkylation sites (tertiary alicyclic amines) is 1. The molecule has 34 heavy (non-hydrogen) atoms. The van der Waals surface area contributed by atoms with E-state index >= 15 is 0 Å². The van der Waals surface area contributed by atoms with Gasteiger partial charge < -0.3 is 24.4 Å². The number of nitrogens with one attached hydrogen (secondary N) is 1. The van der Waals surface area contributed by atoms with Gasteiger partial charge in [-0.05, 0) is 39.2 Å². The molecule has 1 aliphatic heterocycles. The maximum Gasteiger partial charge on any atom is 0.410 e. The van der Waals surface area contributed by atoms with Gasteiger partial charge in [0.15, 0.2) is 0 Å². The highest BCUT2D eigenvalue weighted by Gasteiger charge is 2.41. The predicted octanol–water partition coefficient (Wildman–Crippen LogP) is 3.96. The Hall–Kier alpha value is -2.61. The van der Waals surface area contributed by atoms with Crippen molar-refractivity contribution in [1.82, 2.24) is 10.2 Å². The van der Waals surface area contributed by atoms with Gasteiger partial charge in [-0.25, -0.2) is 9.59 Å². The van der Waals surface area contributed by atoms with Crippen molar-refractivity contribution in [3.8, 4) is 0 Å². The summed E-state index contributed by atoms with van der Waals surface area (Å²) in [5.74, 6) is -1.45. The lowest BCUT2D eigenvalue weighted by Gasteiger charge is -2.35. The average Bonchev–Trinajstić information content (AvgIpc) is 3.29. The first kappa shape index (κ1) is 29.4. The molecule has 1 saturated heterocycles. The minimum atomic E-state index is -0.819. The van der Waals surface area contributed by atoms with Crippen molar-refractivity contribution in [1.29, 1.82) is 0 Å². The number of carbonyl (C=O) groups is 3. The first-order valence-corrected chi connectivity index (χ1v) is 12.0. The SMILES string of the molecule is CC.COC(=O)[C@H](Cc1ccccc1)NC(=O)C(C)C(OC)C1CCCN1C(=O)OC(C)(C)C. The molecular formula is C26H42N2O6. The third kappa shape index (κ3) is 8.63. The van der Waals surface area contributed by atoms with Gasteiger partial charge in [-0.2, -0.15) is 0 Å². The fourth-order valence-electron chi connectivity index (χ4n) is 4.01. The van der Waals surface area contributed by atoms with Crippen LogP contribution < -0.4 is 5.32 Å². The van der Waals surface area contributed by atoms with E-state index in [1.54, 1.807) is 11.8 Å². The average molecular weight is 479 g/mol. The van der Waals surface area contributed by atoms with Crippen LogP contribution in [0.15, 0.2) is 30.3 Å². The molecule has 0 spiro atoms. The van der Waals surface area contributed by atoms with Crippen LogP contribution in [0.25, 0.3) is 0 Å². The van der Waals surface area contributed by atoms with Gasteiger partial charge in [-0.1, -0.05) is 51.1 Å². The smallest absolute Gasteiger partial charge is 0.410 e. The normalized spacial score (nSPS) is 18.1. The van der Waals surface area contributed by atoms with E-state index in [0.29, 0.717) is 19.4 Å². The van der Waals surface area contributed by atoms with E-state index in [9.17, 15) is 14.4 Å². The van der Waals surface area contributed by atoms with E-state index in [0.717, 1.165) is 12.0 Å². The molecule has 0 aromatic heterocycles. The molecule has 1 aromatic rings. The minimum absolute atomic E-state index is 0.290. The van der Waals surface area contributed by atoms with Crippen molar-refractivity contribution in [2.45, 2.75) is 84.6 Å². The zero-order chi connectivity index (χ0) is 25.9. The number of esters is 1. The Labute approximate surface area is 204 Å². The third-order valence-corrected chi connectivity index (χ3v) is 5.57. The first-order chi connectivity index (χ1) is 16.1. The molecule has 2 amide bonds. The Kier molecular flexibility index (Phi) is 12.1. The molecular weight excluding hydrogens is 436 g/mol. The van der Waals surface area contributed by atoms with Crippen molar-refractivity contribution in [3.63, 3.8) is 0 Å². The van der Waals surface area contributed by atoms with Crippen LogP contribution in [0.5, 0.6) is 0 Å². The Bertz CT molecular complexity index is 777. The van der Waals surface area contributed by atoms with Crippen LogP contribution in [-0.4, -0.2) is 67.4 Å². The summed E-state index contributed by atoms with van der Waals surface area (Å²) < 4.78 is 16.1. The van der Waals surface area contributed by atoms with Gasteiger partial charge in [0.05, 0.1) is 25.2 Å². The van der Waals surface area contributed by atoms with Crippen molar-refractivity contribution in [3.05, 3.63) is 35.9 Å². The molecule has 0 saturated carbocycles. The maximum absolute atomic E-state index is 13.1. The molecule has 0 aliphatic carbocycles. The number of methoxy groups -OCH3 is 2. The van der Waals surface area contributed by atoms with E-state index < -0.39 is 35.7 Å². The zero-order valence-corrected chi connectivity index (χ0v) is 21.9. The Morgan fingerprint density at radius 1 is 1.12 bits per heavy atom. The lowest BCUT2D eigenvalue weighted by molar-refractivity contribution is -0.146. The molecule has 2 rings (SSSR count). The van der Waals surface area contributed by atoms with Crippen molar-refractivity contribution < 1.29 is 28.6 Å². The highest BCUT2D eigenvalue weighted by molar-refractivity contribution is 5.86. The Balaban J connectivity index is 0.00000281. The molecule has 1 aromatic carbocycles. The highest BCUT2D eigenvalue weighted by atomic mass is 16.6. The fraction of sp³-hybridized carbons (Fsp3) is 0.654. The van der Waals surface area contributed by atoms with Crippen molar-refractivity contribution in [2.24, 2.45) is 5.92 Å². The van der Waals surface area contributed by atoms with Crippen LogP contribution in [0.3, 0.4) is 0 Å². The van der Waals surface area contributed by atoms with Gasteiger partial charge in [0.1, 0.15) is 11.6 Å².